The Morgan fingerprint density at radius 1 is 0.315 bits per heavy atom. The van der Waals surface area contributed by atoms with Crippen LogP contribution in [0.2, 0.25) is 0 Å². The van der Waals surface area contributed by atoms with Gasteiger partial charge in [0.25, 0.3) is 0 Å². The van der Waals surface area contributed by atoms with E-state index >= 15 is 0 Å². The van der Waals surface area contributed by atoms with Crippen molar-refractivity contribution in [2.24, 2.45) is 0 Å². The van der Waals surface area contributed by atoms with Gasteiger partial charge in [-0.25, -0.2) is 0 Å². The molecule has 10 rings (SSSR count). The summed E-state index contributed by atoms with van der Waals surface area (Å²) in [5, 5.41) is 5.93. The molecule has 54 heavy (non-hydrogen) atoms. The molecule has 0 amide bonds. The van der Waals surface area contributed by atoms with Crippen molar-refractivity contribution >= 4 is 49.6 Å². The quantitative estimate of drug-likeness (QED) is 0.155. The maximum Gasteiger partial charge on any atom is 0.137 e. The summed E-state index contributed by atoms with van der Waals surface area (Å²) < 4.78 is 6.52. The van der Waals surface area contributed by atoms with Gasteiger partial charge in [0.15, 0.2) is 0 Å². The number of fused-ring (bicyclic) bond motifs is 4. The molecule has 0 fully saturated rings. The standard InChI is InChI=1S/C52H35NO/c1-2-16-36(17-3-1)41-20-7-9-23-44(41)45-24-10-8-21-42(45)37-30-32-40(33-31-37)53(50-34-38-18-4-6-22-43(38)46-25-11-12-26-47(46)50)49-28-14-13-27-48(49)52-35-39-19-5-15-29-51(39)54-52/h1-35H. The molecule has 0 N–H and O–H groups in total. The summed E-state index contributed by atoms with van der Waals surface area (Å²) in [6.07, 6.45) is 0. The predicted molar refractivity (Wildman–Crippen MR) is 228 cm³/mol. The zero-order valence-electron chi connectivity index (χ0n) is 29.6. The van der Waals surface area contributed by atoms with Crippen molar-refractivity contribution in [3.05, 3.63) is 212 Å². The Labute approximate surface area is 314 Å². The van der Waals surface area contributed by atoms with Gasteiger partial charge in [-0.3, -0.25) is 0 Å². The molecule has 0 saturated heterocycles. The second-order valence-corrected chi connectivity index (χ2v) is 13.7. The van der Waals surface area contributed by atoms with E-state index in [1.165, 1.54) is 49.4 Å². The molecular formula is C52H35NO. The molecule has 254 valence electrons. The van der Waals surface area contributed by atoms with E-state index in [9.17, 15) is 0 Å². The van der Waals surface area contributed by atoms with Crippen LogP contribution in [0, 0.1) is 0 Å². The molecule has 0 bridgehead atoms. The molecule has 0 atom stereocenters. The maximum atomic E-state index is 6.52. The van der Waals surface area contributed by atoms with E-state index < -0.39 is 0 Å². The van der Waals surface area contributed by atoms with Crippen LogP contribution < -0.4 is 4.90 Å². The number of hydrogen-bond acceptors (Lipinski definition) is 2. The molecule has 0 aliphatic rings. The lowest BCUT2D eigenvalue weighted by Gasteiger charge is -2.29. The fraction of sp³-hybridized carbons (Fsp3) is 0. The van der Waals surface area contributed by atoms with Gasteiger partial charge in [0.2, 0.25) is 0 Å². The van der Waals surface area contributed by atoms with Gasteiger partial charge in [0.05, 0.1) is 11.4 Å². The summed E-state index contributed by atoms with van der Waals surface area (Å²) in [5.74, 6) is 0.838. The first-order valence-corrected chi connectivity index (χ1v) is 18.4. The average Bonchev–Trinajstić information content (AvgIpc) is 3.69. The van der Waals surface area contributed by atoms with Crippen molar-refractivity contribution < 1.29 is 4.42 Å². The Balaban J connectivity index is 1.16. The second-order valence-electron chi connectivity index (χ2n) is 13.7. The van der Waals surface area contributed by atoms with Crippen LogP contribution in [-0.2, 0) is 0 Å². The minimum Gasteiger partial charge on any atom is -0.456 e. The third-order valence-electron chi connectivity index (χ3n) is 10.5. The van der Waals surface area contributed by atoms with Crippen LogP contribution in [-0.4, -0.2) is 0 Å². The molecule has 1 aromatic heterocycles. The van der Waals surface area contributed by atoms with Crippen molar-refractivity contribution in [1.82, 2.24) is 0 Å². The molecule has 2 heteroatoms. The predicted octanol–water partition coefficient (Wildman–Crippen LogP) is 14.9. The van der Waals surface area contributed by atoms with E-state index in [4.69, 9.17) is 4.42 Å². The number of para-hydroxylation sites is 2. The Kier molecular flexibility index (Phi) is 7.85. The zero-order valence-corrected chi connectivity index (χ0v) is 29.6. The van der Waals surface area contributed by atoms with E-state index in [-0.39, 0.29) is 0 Å². The average molecular weight is 690 g/mol. The van der Waals surface area contributed by atoms with Gasteiger partial charge >= 0.3 is 0 Å². The molecule has 9 aromatic carbocycles. The highest BCUT2D eigenvalue weighted by Gasteiger charge is 2.22. The molecule has 0 spiro atoms. The topological polar surface area (TPSA) is 16.4 Å². The van der Waals surface area contributed by atoms with Crippen molar-refractivity contribution in [3.8, 4) is 44.7 Å². The van der Waals surface area contributed by atoms with E-state index in [0.717, 1.165) is 44.9 Å². The number of furan rings is 1. The lowest BCUT2D eigenvalue weighted by molar-refractivity contribution is 0.631. The fourth-order valence-corrected chi connectivity index (χ4v) is 7.97. The van der Waals surface area contributed by atoms with Crippen LogP contribution >= 0.6 is 0 Å². The van der Waals surface area contributed by atoms with Gasteiger partial charge in [0, 0.05) is 22.0 Å². The van der Waals surface area contributed by atoms with Crippen molar-refractivity contribution in [2.75, 3.05) is 4.90 Å². The van der Waals surface area contributed by atoms with E-state index in [2.05, 4.69) is 205 Å². The van der Waals surface area contributed by atoms with Crippen LogP contribution in [0.15, 0.2) is 217 Å². The Morgan fingerprint density at radius 3 is 1.54 bits per heavy atom. The van der Waals surface area contributed by atoms with E-state index in [0.29, 0.717) is 0 Å². The van der Waals surface area contributed by atoms with Crippen LogP contribution in [0.25, 0.3) is 77.2 Å². The molecule has 0 aliphatic carbocycles. The van der Waals surface area contributed by atoms with Gasteiger partial charge in [-0.2, -0.15) is 0 Å². The summed E-state index contributed by atoms with van der Waals surface area (Å²) in [6, 6.07) is 75.8. The van der Waals surface area contributed by atoms with Gasteiger partial charge in [-0.15, -0.1) is 0 Å². The van der Waals surface area contributed by atoms with Crippen LogP contribution in [0.1, 0.15) is 0 Å². The first-order valence-electron chi connectivity index (χ1n) is 18.4. The third kappa shape index (κ3) is 5.53. The smallest absolute Gasteiger partial charge is 0.137 e. The highest BCUT2D eigenvalue weighted by Crippen LogP contribution is 2.47. The number of hydrogen-bond donors (Lipinski definition) is 0. The first-order chi connectivity index (χ1) is 26.8. The molecule has 10 aromatic rings. The van der Waals surface area contributed by atoms with Crippen LogP contribution in [0.4, 0.5) is 17.1 Å². The summed E-state index contributed by atoms with van der Waals surface area (Å²) in [5.41, 5.74) is 12.3. The first kappa shape index (κ1) is 31.6. The van der Waals surface area contributed by atoms with Gasteiger partial charge in [-0.1, -0.05) is 170 Å². The van der Waals surface area contributed by atoms with Crippen molar-refractivity contribution in [2.45, 2.75) is 0 Å². The molecule has 1 heterocycles. The van der Waals surface area contributed by atoms with Crippen LogP contribution in [0.3, 0.4) is 0 Å². The monoisotopic (exact) mass is 689 g/mol. The maximum absolute atomic E-state index is 6.52. The van der Waals surface area contributed by atoms with Gasteiger partial charge in [0.1, 0.15) is 11.3 Å². The van der Waals surface area contributed by atoms with E-state index in [1.54, 1.807) is 0 Å². The molecular weight excluding hydrogens is 655 g/mol. The number of benzene rings is 9. The second kappa shape index (κ2) is 13.4. The molecule has 0 saturated carbocycles. The third-order valence-corrected chi connectivity index (χ3v) is 10.5. The summed E-state index contributed by atoms with van der Waals surface area (Å²) in [6.45, 7) is 0. The fourth-order valence-electron chi connectivity index (χ4n) is 7.97. The molecule has 0 aliphatic heterocycles. The Hall–Kier alpha value is -7.16. The Bertz CT molecular complexity index is 2910. The number of rotatable bonds is 7. The zero-order chi connectivity index (χ0) is 35.8. The SMILES string of the molecule is c1ccc(-c2ccccc2-c2ccccc2-c2ccc(N(c3ccccc3-c3cc4ccccc4o3)c3cc4ccccc4c4ccccc34)cc2)cc1. The van der Waals surface area contributed by atoms with Gasteiger partial charge in [-0.05, 0) is 92.0 Å². The van der Waals surface area contributed by atoms with Gasteiger partial charge < -0.3 is 9.32 Å². The van der Waals surface area contributed by atoms with Crippen molar-refractivity contribution in [1.29, 1.82) is 0 Å². The minimum absolute atomic E-state index is 0.838. The minimum atomic E-state index is 0.838. The molecule has 0 unspecified atom stereocenters. The summed E-state index contributed by atoms with van der Waals surface area (Å²) in [4.78, 5) is 2.40. The normalized spacial score (nSPS) is 11.3. The summed E-state index contributed by atoms with van der Waals surface area (Å²) in [7, 11) is 0. The molecule has 2 nitrogen and oxygen atoms in total. The number of nitrogens with zero attached hydrogens (tertiary/aromatic N) is 1. The van der Waals surface area contributed by atoms with Crippen LogP contribution in [0.5, 0.6) is 0 Å². The lowest BCUT2D eigenvalue weighted by atomic mass is 9.89. The largest absolute Gasteiger partial charge is 0.456 e. The highest BCUT2D eigenvalue weighted by molar-refractivity contribution is 6.15. The molecule has 0 radical (unpaired) electrons. The Morgan fingerprint density at radius 2 is 0.833 bits per heavy atom. The highest BCUT2D eigenvalue weighted by atomic mass is 16.3. The number of anilines is 3. The van der Waals surface area contributed by atoms with Crippen molar-refractivity contribution in [3.63, 3.8) is 0 Å². The summed E-state index contributed by atoms with van der Waals surface area (Å²) >= 11 is 0. The van der Waals surface area contributed by atoms with E-state index in [1.807, 2.05) is 12.1 Å². The lowest BCUT2D eigenvalue weighted by Crippen LogP contribution is -2.12.